The maximum atomic E-state index is 10.3. The van der Waals surface area contributed by atoms with Crippen molar-refractivity contribution in [2.45, 2.75) is 33.3 Å². The maximum absolute atomic E-state index is 10.3. The second kappa shape index (κ2) is 4.23. The molecule has 0 aliphatic heterocycles. The first-order valence-corrected chi connectivity index (χ1v) is 5.27. The van der Waals surface area contributed by atoms with Gasteiger partial charge in [0, 0.05) is 0 Å². The highest BCUT2D eigenvalue weighted by Gasteiger charge is 2.27. The summed E-state index contributed by atoms with van der Waals surface area (Å²) >= 11 is 0. The van der Waals surface area contributed by atoms with E-state index in [0.717, 1.165) is 16.9 Å². The lowest BCUT2D eigenvalue weighted by atomic mass is 9.84. The Morgan fingerprint density at radius 1 is 1.33 bits per heavy atom. The van der Waals surface area contributed by atoms with Gasteiger partial charge in [0.2, 0.25) is 0 Å². The van der Waals surface area contributed by atoms with Crippen LogP contribution in [0.4, 0.5) is 0 Å². The number of rotatable bonds is 3. The van der Waals surface area contributed by atoms with Gasteiger partial charge in [0.15, 0.2) is 0 Å². The van der Waals surface area contributed by atoms with Gasteiger partial charge in [-0.2, -0.15) is 0 Å². The monoisotopic (exact) mass is 208 g/mol. The summed E-state index contributed by atoms with van der Waals surface area (Å²) in [6.45, 7) is 7.86. The Kier molecular flexibility index (Phi) is 3.40. The average molecular weight is 208 g/mol. The molecule has 0 heterocycles. The Hall–Kier alpha value is -1.02. The molecule has 1 rings (SSSR count). The van der Waals surface area contributed by atoms with Crippen molar-refractivity contribution in [1.29, 1.82) is 0 Å². The fourth-order valence-electron chi connectivity index (χ4n) is 1.53. The fraction of sp³-hybridized carbons (Fsp3) is 0.538. The van der Waals surface area contributed by atoms with Gasteiger partial charge >= 0.3 is 0 Å². The molecule has 15 heavy (non-hydrogen) atoms. The Morgan fingerprint density at radius 2 is 1.93 bits per heavy atom. The first kappa shape index (κ1) is 12.1. The van der Waals surface area contributed by atoms with Crippen LogP contribution in [0.15, 0.2) is 18.2 Å². The predicted molar refractivity (Wildman–Crippen MR) is 62.1 cm³/mol. The molecule has 84 valence electrons. The average Bonchev–Trinajstić information content (AvgIpc) is 2.17. The number of aryl methyl sites for hydroxylation is 1. The Balaban J connectivity index is 3.12. The molecule has 1 aromatic rings. The van der Waals surface area contributed by atoms with E-state index in [2.05, 4.69) is 0 Å². The van der Waals surface area contributed by atoms with Gasteiger partial charge in [0.1, 0.15) is 5.75 Å². The highest BCUT2D eigenvalue weighted by molar-refractivity contribution is 5.38. The van der Waals surface area contributed by atoms with Crippen LogP contribution in [-0.4, -0.2) is 12.2 Å². The van der Waals surface area contributed by atoms with E-state index in [-0.39, 0.29) is 5.92 Å². The van der Waals surface area contributed by atoms with Crippen LogP contribution >= 0.6 is 0 Å². The molecule has 2 nitrogen and oxygen atoms in total. The van der Waals surface area contributed by atoms with Crippen LogP contribution in [0.3, 0.4) is 0 Å². The minimum atomic E-state index is -0.781. The molecule has 1 atom stereocenters. The quantitative estimate of drug-likeness (QED) is 0.827. The van der Waals surface area contributed by atoms with E-state index in [1.807, 2.05) is 45.9 Å². The fourth-order valence-corrected chi connectivity index (χ4v) is 1.53. The lowest BCUT2D eigenvalue weighted by Crippen LogP contribution is -2.27. The lowest BCUT2D eigenvalue weighted by Gasteiger charge is -2.28. The van der Waals surface area contributed by atoms with Crippen molar-refractivity contribution >= 4 is 0 Å². The summed E-state index contributed by atoms with van der Waals surface area (Å²) in [5, 5.41) is 10.3. The number of aliphatic hydroxyl groups is 1. The second-order valence-corrected chi connectivity index (χ2v) is 4.49. The van der Waals surface area contributed by atoms with Crippen molar-refractivity contribution in [3.8, 4) is 5.75 Å². The molecule has 0 amide bonds. The standard InChI is InChI=1S/C13H20O2/c1-9(2)13(4,14)11-6-7-12(15-5)10(3)8-11/h6-9,14H,1-5H3/t13-/m1/s1. The minimum Gasteiger partial charge on any atom is -0.496 e. The Bertz CT molecular complexity index is 340. The van der Waals surface area contributed by atoms with Gasteiger partial charge in [-0.25, -0.2) is 0 Å². The first-order valence-electron chi connectivity index (χ1n) is 5.27. The second-order valence-electron chi connectivity index (χ2n) is 4.49. The SMILES string of the molecule is COc1ccc([C@](C)(O)C(C)C)cc1C. The van der Waals surface area contributed by atoms with Crippen LogP contribution in [0.5, 0.6) is 5.75 Å². The number of methoxy groups -OCH3 is 1. The molecule has 1 aromatic carbocycles. The van der Waals surface area contributed by atoms with E-state index < -0.39 is 5.60 Å². The molecule has 0 saturated heterocycles. The summed E-state index contributed by atoms with van der Waals surface area (Å²) < 4.78 is 5.19. The van der Waals surface area contributed by atoms with E-state index in [9.17, 15) is 5.11 Å². The third-order valence-electron chi connectivity index (χ3n) is 3.10. The molecule has 0 spiro atoms. The van der Waals surface area contributed by atoms with Crippen LogP contribution in [-0.2, 0) is 5.60 Å². The van der Waals surface area contributed by atoms with Crippen molar-refractivity contribution in [3.63, 3.8) is 0 Å². The highest BCUT2D eigenvalue weighted by Crippen LogP contribution is 2.31. The van der Waals surface area contributed by atoms with Gasteiger partial charge in [-0.1, -0.05) is 19.9 Å². The van der Waals surface area contributed by atoms with E-state index in [4.69, 9.17) is 4.74 Å². The first-order chi connectivity index (χ1) is 6.89. The molecule has 1 N–H and O–H groups in total. The lowest BCUT2D eigenvalue weighted by molar-refractivity contribution is 0.00896. The van der Waals surface area contributed by atoms with Crippen LogP contribution in [0, 0.1) is 12.8 Å². The topological polar surface area (TPSA) is 29.5 Å². The zero-order valence-electron chi connectivity index (χ0n) is 10.2. The normalized spacial score (nSPS) is 15.1. The van der Waals surface area contributed by atoms with Gasteiger partial charge in [-0.15, -0.1) is 0 Å². The molecule has 0 aliphatic carbocycles. The molecule has 0 aromatic heterocycles. The summed E-state index contributed by atoms with van der Waals surface area (Å²) in [5.74, 6) is 1.05. The third kappa shape index (κ3) is 2.32. The van der Waals surface area contributed by atoms with E-state index in [1.165, 1.54) is 0 Å². The van der Waals surface area contributed by atoms with Crippen molar-refractivity contribution < 1.29 is 9.84 Å². The van der Waals surface area contributed by atoms with Gasteiger partial charge in [0.05, 0.1) is 12.7 Å². The highest BCUT2D eigenvalue weighted by atomic mass is 16.5. The number of benzene rings is 1. The predicted octanol–water partition coefficient (Wildman–Crippen LogP) is 2.87. The van der Waals surface area contributed by atoms with E-state index in [1.54, 1.807) is 7.11 Å². The van der Waals surface area contributed by atoms with Crippen molar-refractivity contribution in [2.24, 2.45) is 5.92 Å². The van der Waals surface area contributed by atoms with Crippen LogP contribution in [0.2, 0.25) is 0 Å². The molecule has 2 heteroatoms. The molecule has 0 aliphatic rings. The zero-order chi connectivity index (χ0) is 11.6. The van der Waals surface area contributed by atoms with Crippen LogP contribution < -0.4 is 4.74 Å². The molecule has 0 bridgehead atoms. The van der Waals surface area contributed by atoms with Gasteiger partial charge < -0.3 is 9.84 Å². The Morgan fingerprint density at radius 3 is 2.33 bits per heavy atom. The van der Waals surface area contributed by atoms with Crippen LogP contribution in [0.1, 0.15) is 31.9 Å². The van der Waals surface area contributed by atoms with Crippen molar-refractivity contribution in [3.05, 3.63) is 29.3 Å². The van der Waals surface area contributed by atoms with Crippen molar-refractivity contribution in [2.75, 3.05) is 7.11 Å². The summed E-state index contributed by atoms with van der Waals surface area (Å²) in [4.78, 5) is 0. The number of ether oxygens (including phenoxy) is 1. The summed E-state index contributed by atoms with van der Waals surface area (Å²) in [7, 11) is 1.66. The zero-order valence-corrected chi connectivity index (χ0v) is 10.2. The third-order valence-corrected chi connectivity index (χ3v) is 3.10. The summed E-state index contributed by atoms with van der Waals surface area (Å²) in [6, 6.07) is 5.81. The van der Waals surface area contributed by atoms with Gasteiger partial charge in [0.25, 0.3) is 0 Å². The maximum Gasteiger partial charge on any atom is 0.121 e. The smallest absolute Gasteiger partial charge is 0.121 e. The van der Waals surface area contributed by atoms with Gasteiger partial charge in [-0.05, 0) is 43.0 Å². The Labute approximate surface area is 91.9 Å². The minimum absolute atomic E-state index is 0.185. The molecular weight excluding hydrogens is 188 g/mol. The largest absolute Gasteiger partial charge is 0.496 e. The molecule has 0 radical (unpaired) electrons. The van der Waals surface area contributed by atoms with Gasteiger partial charge in [-0.3, -0.25) is 0 Å². The van der Waals surface area contributed by atoms with Crippen LogP contribution in [0.25, 0.3) is 0 Å². The summed E-state index contributed by atoms with van der Waals surface area (Å²) in [5.41, 5.74) is 1.21. The number of hydrogen-bond acceptors (Lipinski definition) is 2. The van der Waals surface area contributed by atoms with E-state index in [0.29, 0.717) is 0 Å². The molecule has 0 unspecified atom stereocenters. The molecule has 0 saturated carbocycles. The van der Waals surface area contributed by atoms with E-state index >= 15 is 0 Å². The van der Waals surface area contributed by atoms with Crippen molar-refractivity contribution in [1.82, 2.24) is 0 Å². The number of hydrogen-bond donors (Lipinski definition) is 1. The molecular formula is C13H20O2. The molecule has 0 fully saturated rings. The summed E-state index contributed by atoms with van der Waals surface area (Å²) in [6.07, 6.45) is 0.